The molecule has 0 aliphatic carbocycles. The second-order valence-electron chi connectivity index (χ2n) is 5.95. The van der Waals surface area contributed by atoms with E-state index in [2.05, 4.69) is 49.2 Å². The summed E-state index contributed by atoms with van der Waals surface area (Å²) in [6.07, 6.45) is 3.30. The fourth-order valence-electron chi connectivity index (χ4n) is 2.46. The average Bonchev–Trinajstić information content (AvgIpc) is 2.59. The van der Waals surface area contributed by atoms with Gasteiger partial charge in [-0.15, -0.1) is 11.8 Å². The molecule has 0 unspecified atom stereocenters. The Bertz CT molecular complexity index is 767. The molecule has 0 radical (unpaired) electrons. The van der Waals surface area contributed by atoms with Gasteiger partial charge in [-0.2, -0.15) is 5.10 Å². The van der Waals surface area contributed by atoms with E-state index in [0.717, 1.165) is 17.1 Å². The van der Waals surface area contributed by atoms with Gasteiger partial charge in [0.2, 0.25) is 5.91 Å². The van der Waals surface area contributed by atoms with Gasteiger partial charge in [0.05, 0.1) is 12.0 Å². The number of nitrogens with one attached hydrogen (secondary N) is 1. The molecule has 136 valence electrons. The molecule has 2 aromatic rings. The first-order valence-corrected chi connectivity index (χ1v) is 9.53. The van der Waals surface area contributed by atoms with Crippen molar-refractivity contribution in [3.05, 3.63) is 77.4 Å². The predicted octanol–water partition coefficient (Wildman–Crippen LogP) is 4.25. The van der Waals surface area contributed by atoms with E-state index in [1.54, 1.807) is 24.1 Å². The molecular weight excluding hydrogens is 344 g/mol. The summed E-state index contributed by atoms with van der Waals surface area (Å²) < 4.78 is 5.46. The standard InChI is InChI=1S/C21H24N2O2S/c1-4-8-25-20-7-5-6-18(12-20)13-22-23-21(24)15-26-14-19-10-16(2)9-17(3)11-19/h4-7,9-13H,1,8,14-15H2,2-3H3,(H,23,24)/b22-13-. The first kappa shape index (κ1) is 19.8. The van der Waals surface area contributed by atoms with Gasteiger partial charge >= 0.3 is 0 Å². The first-order chi connectivity index (χ1) is 12.6. The monoisotopic (exact) mass is 368 g/mol. The van der Waals surface area contributed by atoms with E-state index in [4.69, 9.17) is 4.74 Å². The lowest BCUT2D eigenvalue weighted by molar-refractivity contribution is -0.118. The van der Waals surface area contributed by atoms with E-state index in [0.29, 0.717) is 12.4 Å². The molecule has 0 aromatic heterocycles. The van der Waals surface area contributed by atoms with E-state index >= 15 is 0 Å². The Kier molecular flexibility index (Phi) is 7.96. The van der Waals surface area contributed by atoms with Crippen molar-refractivity contribution < 1.29 is 9.53 Å². The molecule has 2 rings (SSSR count). The molecule has 1 amide bonds. The number of benzene rings is 2. The quantitative estimate of drug-likeness (QED) is 0.409. The lowest BCUT2D eigenvalue weighted by Gasteiger charge is -2.05. The molecule has 1 N–H and O–H groups in total. The van der Waals surface area contributed by atoms with Gasteiger partial charge < -0.3 is 4.74 Å². The van der Waals surface area contributed by atoms with Crippen molar-refractivity contribution >= 4 is 23.9 Å². The highest BCUT2D eigenvalue weighted by Gasteiger charge is 2.02. The molecule has 0 saturated carbocycles. The molecule has 26 heavy (non-hydrogen) atoms. The molecular formula is C21H24N2O2S. The van der Waals surface area contributed by atoms with E-state index in [1.165, 1.54) is 16.7 Å². The second kappa shape index (κ2) is 10.5. The summed E-state index contributed by atoms with van der Waals surface area (Å²) in [5.41, 5.74) is 7.14. The maximum Gasteiger partial charge on any atom is 0.250 e. The lowest BCUT2D eigenvalue weighted by atomic mass is 10.1. The van der Waals surface area contributed by atoms with Crippen LogP contribution < -0.4 is 10.2 Å². The number of hydrogen-bond acceptors (Lipinski definition) is 4. The van der Waals surface area contributed by atoms with Crippen LogP contribution in [0.15, 0.2) is 60.2 Å². The van der Waals surface area contributed by atoms with Crippen LogP contribution in [-0.4, -0.2) is 24.5 Å². The van der Waals surface area contributed by atoms with Crippen LogP contribution in [0.2, 0.25) is 0 Å². The zero-order valence-electron chi connectivity index (χ0n) is 15.2. The molecule has 0 aliphatic heterocycles. The number of carbonyl (C=O) groups is 1. The largest absolute Gasteiger partial charge is 0.490 e. The summed E-state index contributed by atoms with van der Waals surface area (Å²) in [5.74, 6) is 1.80. The summed E-state index contributed by atoms with van der Waals surface area (Å²) in [5, 5.41) is 4.00. The number of rotatable bonds is 9. The summed E-state index contributed by atoms with van der Waals surface area (Å²) >= 11 is 1.57. The predicted molar refractivity (Wildman–Crippen MR) is 110 cm³/mol. The van der Waals surface area contributed by atoms with Crippen LogP contribution in [0.25, 0.3) is 0 Å². The SMILES string of the molecule is C=CCOc1cccc(/C=N\NC(=O)CSCc2cc(C)cc(C)c2)c1. The van der Waals surface area contributed by atoms with Crippen LogP contribution in [0.4, 0.5) is 0 Å². The molecule has 5 heteroatoms. The van der Waals surface area contributed by atoms with Crippen molar-refractivity contribution in [2.45, 2.75) is 19.6 Å². The molecule has 0 bridgehead atoms. The molecule has 0 fully saturated rings. The molecule has 0 aliphatic rings. The summed E-state index contributed by atoms with van der Waals surface area (Å²) in [4.78, 5) is 11.9. The van der Waals surface area contributed by atoms with Crippen LogP contribution in [0.5, 0.6) is 5.75 Å². The zero-order valence-corrected chi connectivity index (χ0v) is 16.0. The maximum atomic E-state index is 11.9. The second-order valence-corrected chi connectivity index (χ2v) is 6.94. The maximum absolute atomic E-state index is 11.9. The van der Waals surface area contributed by atoms with Crippen LogP contribution in [-0.2, 0) is 10.5 Å². The highest BCUT2D eigenvalue weighted by Crippen LogP contribution is 2.15. The molecule has 4 nitrogen and oxygen atoms in total. The number of hydrogen-bond donors (Lipinski definition) is 1. The number of hydrazone groups is 1. The number of amides is 1. The number of ether oxygens (including phenoxy) is 1. The Labute approximate surface area is 159 Å². The number of nitrogens with zero attached hydrogens (tertiary/aromatic N) is 1. The molecule has 0 saturated heterocycles. The Balaban J connectivity index is 1.76. The van der Waals surface area contributed by atoms with Crippen molar-refractivity contribution in [2.24, 2.45) is 5.10 Å². The van der Waals surface area contributed by atoms with Gasteiger partial charge in [0.15, 0.2) is 0 Å². The van der Waals surface area contributed by atoms with Crippen molar-refractivity contribution in [1.82, 2.24) is 5.43 Å². The normalized spacial score (nSPS) is 10.7. The minimum absolute atomic E-state index is 0.116. The van der Waals surface area contributed by atoms with Crippen LogP contribution >= 0.6 is 11.8 Å². The number of thioether (sulfide) groups is 1. The van der Waals surface area contributed by atoms with Gasteiger partial charge in [-0.25, -0.2) is 5.43 Å². The molecule has 0 spiro atoms. The van der Waals surface area contributed by atoms with E-state index in [-0.39, 0.29) is 5.91 Å². The highest BCUT2D eigenvalue weighted by atomic mass is 32.2. The smallest absolute Gasteiger partial charge is 0.250 e. The fourth-order valence-corrected chi connectivity index (χ4v) is 3.22. The van der Waals surface area contributed by atoms with E-state index < -0.39 is 0 Å². The Morgan fingerprint density at radius 1 is 1.23 bits per heavy atom. The number of aryl methyl sites for hydroxylation is 2. The summed E-state index contributed by atoms with van der Waals surface area (Å²) in [7, 11) is 0. The highest BCUT2D eigenvalue weighted by molar-refractivity contribution is 7.99. The van der Waals surface area contributed by atoms with Crippen molar-refractivity contribution in [3.8, 4) is 5.75 Å². The first-order valence-electron chi connectivity index (χ1n) is 8.37. The van der Waals surface area contributed by atoms with Gasteiger partial charge in [0.1, 0.15) is 12.4 Å². The van der Waals surface area contributed by atoms with Gasteiger partial charge in [-0.1, -0.05) is 54.1 Å². The Morgan fingerprint density at radius 3 is 2.73 bits per heavy atom. The van der Waals surface area contributed by atoms with E-state index in [9.17, 15) is 4.79 Å². The molecule has 0 atom stereocenters. The Hall–Kier alpha value is -2.53. The van der Waals surface area contributed by atoms with Crippen LogP contribution in [0, 0.1) is 13.8 Å². The Morgan fingerprint density at radius 2 is 2.00 bits per heavy atom. The minimum Gasteiger partial charge on any atom is -0.490 e. The van der Waals surface area contributed by atoms with Crippen molar-refractivity contribution in [2.75, 3.05) is 12.4 Å². The third-order valence-corrected chi connectivity index (χ3v) is 4.42. The fraction of sp³-hybridized carbons (Fsp3) is 0.238. The van der Waals surface area contributed by atoms with Crippen LogP contribution in [0.1, 0.15) is 22.3 Å². The third kappa shape index (κ3) is 7.15. The van der Waals surface area contributed by atoms with Gasteiger partial charge in [-0.05, 0) is 37.1 Å². The summed E-state index contributed by atoms with van der Waals surface area (Å²) in [6, 6.07) is 13.9. The summed E-state index contributed by atoms with van der Waals surface area (Å²) in [6.45, 7) is 8.24. The zero-order chi connectivity index (χ0) is 18.8. The molecule has 2 aromatic carbocycles. The third-order valence-electron chi connectivity index (χ3n) is 3.41. The lowest BCUT2D eigenvalue weighted by Crippen LogP contribution is -2.19. The van der Waals surface area contributed by atoms with E-state index in [1.807, 2.05) is 24.3 Å². The van der Waals surface area contributed by atoms with Crippen LogP contribution in [0.3, 0.4) is 0 Å². The van der Waals surface area contributed by atoms with Gasteiger partial charge in [0, 0.05) is 5.75 Å². The van der Waals surface area contributed by atoms with Gasteiger partial charge in [0.25, 0.3) is 0 Å². The van der Waals surface area contributed by atoms with Crippen molar-refractivity contribution in [1.29, 1.82) is 0 Å². The van der Waals surface area contributed by atoms with Crippen molar-refractivity contribution in [3.63, 3.8) is 0 Å². The average molecular weight is 369 g/mol. The minimum atomic E-state index is -0.116. The topological polar surface area (TPSA) is 50.7 Å². The number of carbonyl (C=O) groups excluding carboxylic acids is 1. The van der Waals surface area contributed by atoms with Gasteiger partial charge in [-0.3, -0.25) is 4.79 Å². The molecule has 0 heterocycles.